The second-order valence-corrected chi connectivity index (χ2v) is 4.47. The number of Topliss-reactive ketones (excluding diaryl/α,β-unsaturated/α-hetero) is 1. The highest BCUT2D eigenvalue weighted by Crippen LogP contribution is 2.31. The third kappa shape index (κ3) is 2.21. The molecular weight excluding hydrogens is 258 g/mol. The van der Waals surface area contributed by atoms with Gasteiger partial charge in [0.1, 0.15) is 5.75 Å². The van der Waals surface area contributed by atoms with Gasteiger partial charge in [-0.15, -0.1) is 0 Å². The van der Waals surface area contributed by atoms with Crippen LogP contribution < -0.4 is 5.73 Å². The van der Waals surface area contributed by atoms with Crippen molar-refractivity contribution in [2.24, 2.45) is 5.73 Å². The van der Waals surface area contributed by atoms with E-state index in [0.29, 0.717) is 5.56 Å². The van der Waals surface area contributed by atoms with Gasteiger partial charge in [-0.1, -0.05) is 15.9 Å². The number of hydrogen-bond acceptors (Lipinski definition) is 3. The summed E-state index contributed by atoms with van der Waals surface area (Å²) in [4.78, 5) is 11.7. The second kappa shape index (κ2) is 4.33. The maximum Gasteiger partial charge on any atom is 0.183 e. The Morgan fingerprint density at radius 3 is 2.53 bits per heavy atom. The number of aromatic hydroxyl groups is 1. The van der Waals surface area contributed by atoms with Crippen LogP contribution in [0, 0.1) is 13.8 Å². The Morgan fingerprint density at radius 1 is 1.53 bits per heavy atom. The molecule has 15 heavy (non-hydrogen) atoms. The van der Waals surface area contributed by atoms with E-state index in [9.17, 15) is 9.90 Å². The average molecular weight is 272 g/mol. The van der Waals surface area contributed by atoms with Crippen molar-refractivity contribution in [3.63, 3.8) is 0 Å². The van der Waals surface area contributed by atoms with Crippen LogP contribution >= 0.6 is 15.9 Å². The van der Waals surface area contributed by atoms with Crippen LogP contribution in [-0.4, -0.2) is 16.9 Å². The zero-order chi connectivity index (χ0) is 11.7. The summed E-state index contributed by atoms with van der Waals surface area (Å²) in [5.41, 5.74) is 7.45. The van der Waals surface area contributed by atoms with E-state index in [2.05, 4.69) is 15.9 Å². The number of ketones is 1. The number of benzene rings is 1. The van der Waals surface area contributed by atoms with E-state index in [1.165, 1.54) is 0 Å². The summed E-state index contributed by atoms with van der Waals surface area (Å²) in [6.07, 6.45) is 0. The zero-order valence-electron chi connectivity index (χ0n) is 8.97. The summed E-state index contributed by atoms with van der Waals surface area (Å²) in [5.74, 6) is -0.249. The Balaban J connectivity index is 3.43. The Labute approximate surface area is 97.4 Å². The summed E-state index contributed by atoms with van der Waals surface area (Å²) in [7, 11) is 0. The highest BCUT2D eigenvalue weighted by atomic mass is 79.9. The van der Waals surface area contributed by atoms with E-state index in [-0.39, 0.29) is 11.5 Å². The van der Waals surface area contributed by atoms with Crippen molar-refractivity contribution in [2.75, 3.05) is 0 Å². The van der Waals surface area contributed by atoms with Gasteiger partial charge >= 0.3 is 0 Å². The minimum atomic E-state index is -0.607. The van der Waals surface area contributed by atoms with Gasteiger partial charge in [-0.25, -0.2) is 0 Å². The maximum absolute atomic E-state index is 11.7. The Hall–Kier alpha value is -0.870. The van der Waals surface area contributed by atoms with E-state index in [1.807, 2.05) is 6.92 Å². The molecular formula is C11H14BrNO2. The Kier molecular flexibility index (Phi) is 3.52. The number of hydrogen-bond donors (Lipinski definition) is 2. The predicted molar refractivity (Wildman–Crippen MR) is 63.3 cm³/mol. The van der Waals surface area contributed by atoms with E-state index >= 15 is 0 Å². The quantitative estimate of drug-likeness (QED) is 0.812. The van der Waals surface area contributed by atoms with Crippen molar-refractivity contribution in [1.29, 1.82) is 0 Å². The first-order valence-electron chi connectivity index (χ1n) is 4.64. The molecule has 0 saturated carbocycles. The summed E-state index contributed by atoms with van der Waals surface area (Å²) < 4.78 is 0.837. The number of halogens is 1. The first kappa shape index (κ1) is 12.2. The number of nitrogens with two attached hydrogens (primary N) is 1. The molecule has 0 radical (unpaired) electrons. The van der Waals surface area contributed by atoms with Crippen LogP contribution in [0.25, 0.3) is 0 Å². The molecule has 1 rings (SSSR count). The number of aryl methyl sites for hydroxylation is 1. The fourth-order valence-corrected chi connectivity index (χ4v) is 1.79. The highest BCUT2D eigenvalue weighted by molar-refractivity contribution is 9.10. The minimum absolute atomic E-state index is 0.00417. The fourth-order valence-electron chi connectivity index (χ4n) is 1.48. The van der Waals surface area contributed by atoms with Crippen LogP contribution in [0.4, 0.5) is 0 Å². The third-order valence-electron chi connectivity index (χ3n) is 2.32. The molecule has 1 unspecified atom stereocenters. The van der Waals surface area contributed by atoms with Gasteiger partial charge in [-0.2, -0.15) is 0 Å². The molecule has 4 heteroatoms. The fraction of sp³-hybridized carbons (Fsp3) is 0.364. The lowest BCUT2D eigenvalue weighted by atomic mass is 9.98. The SMILES string of the molecule is Cc1cc(O)c(C(=O)C(C)N)c(C)c1Br. The van der Waals surface area contributed by atoms with Gasteiger partial charge in [0.15, 0.2) is 5.78 Å². The van der Waals surface area contributed by atoms with Crippen molar-refractivity contribution in [1.82, 2.24) is 0 Å². The number of rotatable bonds is 2. The second-order valence-electron chi connectivity index (χ2n) is 3.68. The van der Waals surface area contributed by atoms with Gasteiger partial charge in [0.2, 0.25) is 0 Å². The van der Waals surface area contributed by atoms with Crippen LogP contribution in [0.5, 0.6) is 5.75 Å². The first-order chi connectivity index (χ1) is 6.86. The van der Waals surface area contributed by atoms with Gasteiger partial charge in [0, 0.05) is 4.47 Å². The largest absolute Gasteiger partial charge is 0.507 e. The van der Waals surface area contributed by atoms with Crippen LogP contribution in [-0.2, 0) is 0 Å². The number of phenols is 1. The monoisotopic (exact) mass is 271 g/mol. The molecule has 0 aliphatic rings. The van der Waals surface area contributed by atoms with Crippen molar-refractivity contribution in [3.8, 4) is 5.75 Å². The lowest BCUT2D eigenvalue weighted by molar-refractivity contribution is 0.0964. The summed E-state index contributed by atoms with van der Waals surface area (Å²) in [6.45, 7) is 5.25. The maximum atomic E-state index is 11.7. The molecule has 82 valence electrons. The van der Waals surface area contributed by atoms with Crippen molar-refractivity contribution >= 4 is 21.7 Å². The third-order valence-corrected chi connectivity index (χ3v) is 3.54. The average Bonchev–Trinajstić information content (AvgIpc) is 2.14. The molecule has 3 nitrogen and oxygen atoms in total. The summed E-state index contributed by atoms with van der Waals surface area (Å²) in [6, 6.07) is 0.955. The molecule has 1 atom stereocenters. The molecule has 0 spiro atoms. The van der Waals surface area contributed by atoms with E-state index in [0.717, 1.165) is 15.6 Å². The van der Waals surface area contributed by atoms with Crippen LogP contribution in [0.15, 0.2) is 10.5 Å². The van der Waals surface area contributed by atoms with Crippen LogP contribution in [0.2, 0.25) is 0 Å². The number of phenolic OH excluding ortho intramolecular Hbond substituents is 1. The lowest BCUT2D eigenvalue weighted by Gasteiger charge is -2.13. The van der Waals surface area contributed by atoms with Gasteiger partial charge in [-0.05, 0) is 38.0 Å². The smallest absolute Gasteiger partial charge is 0.183 e. The Bertz CT molecular complexity index is 414. The van der Waals surface area contributed by atoms with Crippen molar-refractivity contribution in [3.05, 3.63) is 27.2 Å². The zero-order valence-corrected chi connectivity index (χ0v) is 10.6. The molecule has 0 heterocycles. The normalized spacial score (nSPS) is 12.6. The molecule has 1 aromatic carbocycles. The molecule has 0 amide bonds. The molecule has 0 saturated heterocycles. The Morgan fingerprint density at radius 2 is 2.07 bits per heavy atom. The van der Waals surface area contributed by atoms with Gasteiger partial charge in [0.05, 0.1) is 11.6 Å². The molecule has 0 aromatic heterocycles. The van der Waals surface area contributed by atoms with E-state index < -0.39 is 6.04 Å². The number of carbonyl (C=O) groups is 1. The summed E-state index contributed by atoms with van der Waals surface area (Å²) in [5, 5.41) is 9.72. The van der Waals surface area contributed by atoms with Crippen LogP contribution in [0.1, 0.15) is 28.4 Å². The van der Waals surface area contributed by atoms with Gasteiger partial charge < -0.3 is 10.8 Å². The first-order valence-corrected chi connectivity index (χ1v) is 5.44. The van der Waals surface area contributed by atoms with Crippen LogP contribution in [0.3, 0.4) is 0 Å². The summed E-state index contributed by atoms with van der Waals surface area (Å²) >= 11 is 3.38. The molecule has 0 aliphatic heterocycles. The molecule has 0 bridgehead atoms. The lowest BCUT2D eigenvalue weighted by Crippen LogP contribution is -2.27. The van der Waals surface area contributed by atoms with E-state index in [1.54, 1.807) is 19.9 Å². The highest BCUT2D eigenvalue weighted by Gasteiger charge is 2.20. The molecule has 0 aliphatic carbocycles. The van der Waals surface area contributed by atoms with Gasteiger partial charge in [0.25, 0.3) is 0 Å². The van der Waals surface area contributed by atoms with E-state index in [4.69, 9.17) is 5.73 Å². The number of carbonyl (C=O) groups excluding carboxylic acids is 1. The molecule has 1 aromatic rings. The standard InChI is InChI=1S/C11H14BrNO2/c1-5-4-8(14)9(6(2)10(5)12)11(15)7(3)13/h4,7,14H,13H2,1-3H3. The van der Waals surface area contributed by atoms with Crippen molar-refractivity contribution < 1.29 is 9.90 Å². The van der Waals surface area contributed by atoms with Gasteiger partial charge in [-0.3, -0.25) is 4.79 Å². The minimum Gasteiger partial charge on any atom is -0.507 e. The molecule has 0 fully saturated rings. The topological polar surface area (TPSA) is 63.3 Å². The molecule has 3 N–H and O–H groups in total. The van der Waals surface area contributed by atoms with Crippen molar-refractivity contribution in [2.45, 2.75) is 26.8 Å². The predicted octanol–water partition coefficient (Wildman–Crippen LogP) is 2.30.